The molecule has 4 nitrogen and oxygen atoms in total. The highest BCUT2D eigenvalue weighted by Gasteiger charge is 2.13. The Hall–Kier alpha value is -1.76. The molecule has 3 rings (SSSR count). The molecule has 1 aliphatic heterocycles. The van der Waals surface area contributed by atoms with Gasteiger partial charge in [-0.05, 0) is 52.4 Å². The Morgan fingerprint density at radius 1 is 1.10 bits per heavy atom. The minimum atomic E-state index is -0.0742. The van der Waals surface area contributed by atoms with Gasteiger partial charge in [-0.15, -0.1) is 0 Å². The van der Waals surface area contributed by atoms with E-state index in [1.54, 1.807) is 0 Å². The lowest BCUT2D eigenvalue weighted by Crippen LogP contribution is -2.23. The van der Waals surface area contributed by atoms with E-state index in [-0.39, 0.29) is 5.91 Å². The first kappa shape index (κ1) is 14.2. The molecule has 0 atom stereocenters. The first-order valence-corrected chi connectivity index (χ1v) is 7.73. The van der Waals surface area contributed by atoms with Gasteiger partial charge in [0.25, 0.3) is 5.91 Å². The van der Waals surface area contributed by atoms with Crippen LogP contribution >= 0.6 is 22.6 Å². The Balaban J connectivity index is 1.68. The maximum atomic E-state index is 12.2. The molecule has 1 heterocycles. The van der Waals surface area contributed by atoms with Crippen LogP contribution in [0.15, 0.2) is 42.5 Å². The number of hydrogen-bond acceptors (Lipinski definition) is 3. The van der Waals surface area contributed by atoms with Crippen LogP contribution in [0.4, 0.5) is 0 Å². The van der Waals surface area contributed by atoms with E-state index in [4.69, 9.17) is 9.47 Å². The molecule has 21 heavy (non-hydrogen) atoms. The second kappa shape index (κ2) is 6.34. The van der Waals surface area contributed by atoms with E-state index in [1.165, 1.54) is 0 Å². The van der Waals surface area contributed by atoms with Gasteiger partial charge >= 0.3 is 0 Å². The Kier molecular flexibility index (Phi) is 4.28. The van der Waals surface area contributed by atoms with Crippen LogP contribution in [-0.2, 0) is 6.54 Å². The van der Waals surface area contributed by atoms with E-state index >= 15 is 0 Å². The molecule has 0 saturated heterocycles. The molecule has 1 N–H and O–H groups in total. The molecule has 2 aromatic carbocycles. The minimum absolute atomic E-state index is 0.0742. The van der Waals surface area contributed by atoms with Crippen LogP contribution in [-0.4, -0.2) is 19.1 Å². The molecule has 0 aliphatic carbocycles. The molecule has 108 valence electrons. The number of fused-ring (bicyclic) bond motifs is 1. The summed E-state index contributed by atoms with van der Waals surface area (Å²) in [6.07, 6.45) is 0. The van der Waals surface area contributed by atoms with Gasteiger partial charge in [0.2, 0.25) is 0 Å². The van der Waals surface area contributed by atoms with Crippen molar-refractivity contribution < 1.29 is 14.3 Å². The van der Waals surface area contributed by atoms with Crippen molar-refractivity contribution in [3.05, 3.63) is 57.2 Å². The molecule has 0 bridgehead atoms. The van der Waals surface area contributed by atoms with E-state index in [0.717, 1.165) is 20.6 Å². The van der Waals surface area contributed by atoms with Gasteiger partial charge in [0.05, 0.1) is 5.56 Å². The van der Waals surface area contributed by atoms with Crippen molar-refractivity contribution in [1.29, 1.82) is 0 Å². The maximum absolute atomic E-state index is 12.2. The molecule has 2 aromatic rings. The molecule has 1 aliphatic rings. The van der Waals surface area contributed by atoms with Crippen molar-refractivity contribution in [1.82, 2.24) is 5.32 Å². The highest BCUT2D eigenvalue weighted by Crippen LogP contribution is 2.30. The number of benzene rings is 2. The smallest absolute Gasteiger partial charge is 0.252 e. The van der Waals surface area contributed by atoms with Crippen LogP contribution in [0.5, 0.6) is 11.5 Å². The number of nitrogens with one attached hydrogen (secondary N) is 1. The lowest BCUT2D eigenvalue weighted by Gasteiger charge is -2.19. The second-order valence-electron chi connectivity index (χ2n) is 4.64. The average Bonchev–Trinajstić information content (AvgIpc) is 2.53. The van der Waals surface area contributed by atoms with Crippen LogP contribution < -0.4 is 14.8 Å². The summed E-state index contributed by atoms with van der Waals surface area (Å²) in [7, 11) is 0. The lowest BCUT2D eigenvalue weighted by molar-refractivity contribution is 0.0950. The zero-order chi connectivity index (χ0) is 14.7. The summed E-state index contributed by atoms with van der Waals surface area (Å²) in [6.45, 7) is 1.60. The van der Waals surface area contributed by atoms with E-state index in [1.807, 2.05) is 42.5 Å². The molecular formula is C16H14INO3. The van der Waals surface area contributed by atoms with Gasteiger partial charge in [-0.2, -0.15) is 0 Å². The zero-order valence-corrected chi connectivity index (χ0v) is 13.4. The van der Waals surface area contributed by atoms with E-state index in [0.29, 0.717) is 25.3 Å². The molecular weight excluding hydrogens is 381 g/mol. The van der Waals surface area contributed by atoms with Crippen molar-refractivity contribution in [2.75, 3.05) is 13.2 Å². The standard InChI is InChI=1S/C16H14INO3/c17-13-4-2-1-3-12(13)16(19)18-10-11-5-6-14-15(9-11)21-8-7-20-14/h1-6,9H,7-8,10H2,(H,18,19). The van der Waals surface area contributed by atoms with Crippen LogP contribution in [0.2, 0.25) is 0 Å². The number of ether oxygens (including phenoxy) is 2. The monoisotopic (exact) mass is 395 g/mol. The molecule has 1 amide bonds. The highest BCUT2D eigenvalue weighted by atomic mass is 127. The summed E-state index contributed by atoms with van der Waals surface area (Å²) in [4.78, 5) is 12.2. The third-order valence-electron chi connectivity index (χ3n) is 3.18. The summed E-state index contributed by atoms with van der Waals surface area (Å²) in [5.74, 6) is 1.42. The normalized spacial score (nSPS) is 12.8. The van der Waals surface area contributed by atoms with E-state index < -0.39 is 0 Å². The molecule has 0 fully saturated rings. The highest BCUT2D eigenvalue weighted by molar-refractivity contribution is 14.1. The second-order valence-corrected chi connectivity index (χ2v) is 5.80. The Bertz CT molecular complexity index is 672. The Morgan fingerprint density at radius 3 is 2.67 bits per heavy atom. The summed E-state index contributed by atoms with van der Waals surface area (Å²) in [5.41, 5.74) is 1.68. The Morgan fingerprint density at radius 2 is 1.86 bits per heavy atom. The van der Waals surface area contributed by atoms with Gasteiger partial charge in [0.1, 0.15) is 13.2 Å². The predicted octanol–water partition coefficient (Wildman–Crippen LogP) is 2.99. The zero-order valence-electron chi connectivity index (χ0n) is 11.3. The SMILES string of the molecule is O=C(NCc1ccc2c(c1)OCCO2)c1ccccc1I. The number of hydrogen-bond donors (Lipinski definition) is 1. The fourth-order valence-electron chi connectivity index (χ4n) is 2.12. The van der Waals surface area contributed by atoms with Crippen molar-refractivity contribution in [3.63, 3.8) is 0 Å². The third kappa shape index (κ3) is 3.29. The summed E-state index contributed by atoms with van der Waals surface area (Å²) in [6, 6.07) is 13.2. The first-order chi connectivity index (χ1) is 10.2. The van der Waals surface area contributed by atoms with Crippen LogP contribution in [0.25, 0.3) is 0 Å². The summed E-state index contributed by atoms with van der Waals surface area (Å²) in [5, 5.41) is 2.92. The predicted molar refractivity (Wildman–Crippen MR) is 87.8 cm³/mol. The summed E-state index contributed by atoms with van der Waals surface area (Å²) >= 11 is 2.16. The fraction of sp³-hybridized carbons (Fsp3) is 0.188. The lowest BCUT2D eigenvalue weighted by atomic mass is 10.1. The van der Waals surface area contributed by atoms with Gasteiger partial charge < -0.3 is 14.8 Å². The van der Waals surface area contributed by atoms with Crippen LogP contribution in [0.3, 0.4) is 0 Å². The molecule has 0 radical (unpaired) electrons. The number of amides is 1. The van der Waals surface area contributed by atoms with E-state index in [9.17, 15) is 4.79 Å². The van der Waals surface area contributed by atoms with Crippen LogP contribution in [0.1, 0.15) is 15.9 Å². The van der Waals surface area contributed by atoms with Gasteiger partial charge in [-0.1, -0.05) is 18.2 Å². The minimum Gasteiger partial charge on any atom is -0.486 e. The average molecular weight is 395 g/mol. The topological polar surface area (TPSA) is 47.6 Å². The van der Waals surface area contributed by atoms with Gasteiger partial charge in [-0.25, -0.2) is 0 Å². The van der Waals surface area contributed by atoms with Gasteiger partial charge in [0.15, 0.2) is 11.5 Å². The molecule has 0 saturated carbocycles. The fourth-order valence-corrected chi connectivity index (χ4v) is 2.75. The van der Waals surface area contributed by atoms with Crippen molar-refractivity contribution >= 4 is 28.5 Å². The van der Waals surface area contributed by atoms with Gasteiger partial charge in [-0.3, -0.25) is 4.79 Å². The molecule has 0 spiro atoms. The Labute approximate surface area is 136 Å². The maximum Gasteiger partial charge on any atom is 0.252 e. The molecule has 0 aromatic heterocycles. The van der Waals surface area contributed by atoms with E-state index in [2.05, 4.69) is 27.9 Å². The molecule has 0 unspecified atom stereocenters. The number of carbonyl (C=O) groups is 1. The number of halogens is 1. The number of carbonyl (C=O) groups excluding carboxylic acids is 1. The largest absolute Gasteiger partial charge is 0.486 e. The first-order valence-electron chi connectivity index (χ1n) is 6.65. The summed E-state index contributed by atoms with van der Waals surface area (Å²) < 4.78 is 12.0. The van der Waals surface area contributed by atoms with Crippen molar-refractivity contribution in [2.45, 2.75) is 6.54 Å². The third-order valence-corrected chi connectivity index (χ3v) is 4.12. The van der Waals surface area contributed by atoms with Crippen molar-refractivity contribution in [3.8, 4) is 11.5 Å². The van der Waals surface area contributed by atoms with Crippen LogP contribution in [0, 0.1) is 3.57 Å². The quantitative estimate of drug-likeness (QED) is 0.814. The number of rotatable bonds is 3. The van der Waals surface area contributed by atoms with Gasteiger partial charge in [0, 0.05) is 10.1 Å². The van der Waals surface area contributed by atoms with Crippen molar-refractivity contribution in [2.24, 2.45) is 0 Å². The molecule has 5 heteroatoms.